The summed E-state index contributed by atoms with van der Waals surface area (Å²) in [6, 6.07) is 21.9. The van der Waals surface area contributed by atoms with Crippen LogP contribution < -0.4 is 10.2 Å². The number of hydrogen-bond donors (Lipinski definition) is 1. The number of anilines is 1. The second-order valence-corrected chi connectivity index (χ2v) is 12.8. The first-order chi connectivity index (χ1) is 12.8. The van der Waals surface area contributed by atoms with Crippen LogP contribution in [0.5, 0.6) is 0 Å². The van der Waals surface area contributed by atoms with E-state index >= 15 is 0 Å². The molecule has 0 aromatic heterocycles. The fourth-order valence-corrected chi connectivity index (χ4v) is 4.26. The maximum absolute atomic E-state index is 6.28. The maximum atomic E-state index is 6.28. The van der Waals surface area contributed by atoms with Crippen LogP contribution in [0.3, 0.4) is 0 Å². The van der Waals surface area contributed by atoms with Gasteiger partial charge in [-0.25, -0.2) is 0 Å². The molecule has 1 N–H and O–H groups in total. The molecule has 0 bridgehead atoms. The van der Waals surface area contributed by atoms with Gasteiger partial charge in [0.1, 0.15) is 0 Å². The summed E-state index contributed by atoms with van der Waals surface area (Å²) in [6.07, 6.45) is 0.977. The summed E-state index contributed by atoms with van der Waals surface area (Å²) in [5.41, 5.74) is 5.33. The third-order valence-corrected chi connectivity index (χ3v) is 6.24. The van der Waals surface area contributed by atoms with Gasteiger partial charge in [0.05, 0.1) is 12.6 Å². The Morgan fingerprint density at radius 1 is 1.00 bits per heavy atom. The van der Waals surface area contributed by atoms with Crippen LogP contribution in [-0.2, 0) is 4.43 Å². The Hall–Kier alpha value is -1.88. The predicted octanol–water partition coefficient (Wildman–Crippen LogP) is 5.35. The quantitative estimate of drug-likeness (QED) is 0.684. The standard InChI is InChI=1S/C23H32N2OSi/c1-18-22(17-26-27(3,4)5)24-21(19-12-8-6-9-13-19)16-23(18)25(2)20-14-10-7-11-15-20/h6-15,21-22,24H,16-17H2,1-5H3/t21-,22+/m0/s1. The van der Waals surface area contributed by atoms with Gasteiger partial charge in [0.2, 0.25) is 0 Å². The number of nitrogens with one attached hydrogen (secondary N) is 1. The van der Waals surface area contributed by atoms with Gasteiger partial charge in [-0.05, 0) is 49.8 Å². The Bertz CT molecular complexity index is 768. The summed E-state index contributed by atoms with van der Waals surface area (Å²) < 4.78 is 6.28. The lowest BCUT2D eigenvalue weighted by atomic mass is 9.91. The summed E-state index contributed by atoms with van der Waals surface area (Å²) in [6.45, 7) is 9.74. The number of nitrogens with zero attached hydrogens (tertiary/aromatic N) is 1. The lowest BCUT2D eigenvalue weighted by molar-refractivity contribution is 0.254. The molecule has 0 aliphatic carbocycles. The zero-order valence-electron chi connectivity index (χ0n) is 17.2. The topological polar surface area (TPSA) is 24.5 Å². The predicted molar refractivity (Wildman–Crippen MR) is 118 cm³/mol. The second-order valence-electron chi connectivity index (χ2n) is 8.33. The normalized spacial score (nSPS) is 20.6. The minimum Gasteiger partial charge on any atom is -0.416 e. The summed E-state index contributed by atoms with van der Waals surface area (Å²) in [7, 11) is 0.617. The molecular formula is C23H32N2OSi. The van der Waals surface area contributed by atoms with E-state index in [1.807, 2.05) is 0 Å². The van der Waals surface area contributed by atoms with Crippen molar-refractivity contribution < 1.29 is 4.43 Å². The molecule has 144 valence electrons. The van der Waals surface area contributed by atoms with Crippen molar-refractivity contribution in [3.8, 4) is 0 Å². The molecule has 1 aliphatic heterocycles. The highest BCUT2D eigenvalue weighted by molar-refractivity contribution is 6.69. The molecule has 4 heteroatoms. The van der Waals surface area contributed by atoms with E-state index in [-0.39, 0.29) is 6.04 Å². The van der Waals surface area contributed by atoms with E-state index in [1.54, 1.807) is 0 Å². The van der Waals surface area contributed by atoms with Crippen LogP contribution in [0.15, 0.2) is 71.9 Å². The van der Waals surface area contributed by atoms with Gasteiger partial charge in [-0.1, -0.05) is 48.5 Å². The zero-order valence-corrected chi connectivity index (χ0v) is 18.2. The molecule has 2 aromatic carbocycles. The minimum atomic E-state index is -1.56. The summed E-state index contributed by atoms with van der Waals surface area (Å²) in [5.74, 6) is 0. The Morgan fingerprint density at radius 3 is 2.19 bits per heavy atom. The molecule has 1 heterocycles. The minimum absolute atomic E-state index is 0.233. The summed E-state index contributed by atoms with van der Waals surface area (Å²) >= 11 is 0. The van der Waals surface area contributed by atoms with E-state index in [9.17, 15) is 0 Å². The lowest BCUT2D eigenvalue weighted by Crippen LogP contribution is -2.45. The van der Waals surface area contributed by atoms with Gasteiger partial charge >= 0.3 is 0 Å². The van der Waals surface area contributed by atoms with Crippen LogP contribution in [0.1, 0.15) is 24.9 Å². The highest BCUT2D eigenvalue weighted by atomic mass is 28.4. The number of hydrogen-bond acceptors (Lipinski definition) is 3. The third kappa shape index (κ3) is 5.10. The van der Waals surface area contributed by atoms with E-state index in [1.165, 1.54) is 22.5 Å². The molecule has 0 amide bonds. The molecule has 0 spiro atoms. The maximum Gasteiger partial charge on any atom is 0.183 e. The smallest absolute Gasteiger partial charge is 0.183 e. The van der Waals surface area contributed by atoms with Gasteiger partial charge in [0.25, 0.3) is 0 Å². The van der Waals surface area contributed by atoms with Crippen molar-refractivity contribution in [1.82, 2.24) is 5.32 Å². The van der Waals surface area contributed by atoms with Crippen molar-refractivity contribution in [1.29, 1.82) is 0 Å². The number of para-hydroxylation sites is 1. The van der Waals surface area contributed by atoms with E-state index in [0.717, 1.165) is 13.0 Å². The average molecular weight is 381 g/mol. The second kappa shape index (κ2) is 8.42. The average Bonchev–Trinajstić information content (AvgIpc) is 2.67. The molecule has 0 unspecified atom stereocenters. The molecule has 3 nitrogen and oxygen atoms in total. The number of benzene rings is 2. The van der Waals surface area contributed by atoms with Gasteiger partial charge < -0.3 is 14.6 Å². The van der Waals surface area contributed by atoms with Gasteiger partial charge in [-0.2, -0.15) is 0 Å². The fourth-order valence-electron chi connectivity index (χ4n) is 3.60. The van der Waals surface area contributed by atoms with Crippen LogP contribution >= 0.6 is 0 Å². The number of rotatable bonds is 6. The molecule has 0 fully saturated rings. The van der Waals surface area contributed by atoms with Crippen LogP contribution in [-0.4, -0.2) is 28.0 Å². The van der Waals surface area contributed by atoms with Crippen molar-refractivity contribution in [2.24, 2.45) is 0 Å². The van der Waals surface area contributed by atoms with Gasteiger partial charge in [0, 0.05) is 30.9 Å². The molecule has 2 aromatic rings. The lowest BCUT2D eigenvalue weighted by Gasteiger charge is -2.39. The Kier molecular flexibility index (Phi) is 6.20. The third-order valence-electron chi connectivity index (χ3n) is 5.21. The molecule has 27 heavy (non-hydrogen) atoms. The zero-order chi connectivity index (χ0) is 19.4. The molecule has 0 radical (unpaired) electrons. The van der Waals surface area contributed by atoms with Crippen molar-refractivity contribution in [2.75, 3.05) is 18.6 Å². The van der Waals surface area contributed by atoms with Gasteiger partial charge in [-0.15, -0.1) is 0 Å². The Balaban J connectivity index is 1.91. The van der Waals surface area contributed by atoms with Crippen molar-refractivity contribution >= 4 is 14.0 Å². The first-order valence-corrected chi connectivity index (χ1v) is 13.2. The van der Waals surface area contributed by atoms with Gasteiger partial charge in [0.15, 0.2) is 8.32 Å². The van der Waals surface area contributed by atoms with E-state index < -0.39 is 8.32 Å². The fraction of sp³-hybridized carbons (Fsp3) is 0.391. The molecule has 1 aliphatic rings. The molecule has 0 saturated carbocycles. The Morgan fingerprint density at radius 2 is 1.59 bits per heavy atom. The van der Waals surface area contributed by atoms with Crippen LogP contribution in [0.4, 0.5) is 5.69 Å². The van der Waals surface area contributed by atoms with Crippen LogP contribution in [0.25, 0.3) is 0 Å². The van der Waals surface area contributed by atoms with Gasteiger partial charge in [-0.3, -0.25) is 0 Å². The Labute approximate surface area is 165 Å². The first-order valence-electron chi connectivity index (χ1n) is 9.78. The first kappa shape index (κ1) is 19.9. The molecule has 2 atom stereocenters. The highest BCUT2D eigenvalue weighted by Gasteiger charge is 2.30. The summed E-state index contributed by atoms with van der Waals surface area (Å²) in [5, 5.41) is 3.84. The van der Waals surface area contributed by atoms with Crippen molar-refractivity contribution in [3.63, 3.8) is 0 Å². The van der Waals surface area contributed by atoms with E-state index in [0.29, 0.717) is 6.04 Å². The van der Waals surface area contributed by atoms with E-state index in [2.05, 4.69) is 104 Å². The molecule has 0 saturated heterocycles. The van der Waals surface area contributed by atoms with Crippen molar-refractivity contribution in [3.05, 3.63) is 77.5 Å². The molecule has 3 rings (SSSR count). The SMILES string of the molecule is CC1=C(N(C)c2ccccc2)C[C@@H](c2ccccc2)N[C@@H]1CO[Si](C)(C)C. The van der Waals surface area contributed by atoms with E-state index in [4.69, 9.17) is 4.43 Å². The monoisotopic (exact) mass is 380 g/mol. The van der Waals surface area contributed by atoms with Crippen LogP contribution in [0.2, 0.25) is 19.6 Å². The van der Waals surface area contributed by atoms with Crippen molar-refractivity contribution in [2.45, 2.75) is 45.1 Å². The summed E-state index contributed by atoms with van der Waals surface area (Å²) in [4.78, 5) is 2.34. The largest absolute Gasteiger partial charge is 0.416 e. The van der Waals surface area contributed by atoms with Crippen LogP contribution in [0, 0.1) is 0 Å². The molecular weight excluding hydrogens is 348 g/mol. The highest BCUT2D eigenvalue weighted by Crippen LogP contribution is 2.34.